The average Bonchev–Trinajstić information content (AvgIpc) is 2.37. The molecule has 1 aromatic rings. The van der Waals surface area contributed by atoms with Crippen molar-refractivity contribution in [1.82, 2.24) is 5.32 Å². The number of hydrogen-bond acceptors (Lipinski definition) is 2. The summed E-state index contributed by atoms with van der Waals surface area (Å²) in [5.74, 6) is 0.523. The van der Waals surface area contributed by atoms with E-state index >= 15 is 0 Å². The van der Waals surface area contributed by atoms with Crippen molar-refractivity contribution in [2.75, 3.05) is 6.54 Å². The number of hydrogen-bond donors (Lipinski definition) is 2. The zero-order valence-electron chi connectivity index (χ0n) is 10.7. The van der Waals surface area contributed by atoms with E-state index in [4.69, 9.17) is 0 Å². The second-order valence-corrected chi connectivity index (χ2v) is 5.25. The van der Waals surface area contributed by atoms with Gasteiger partial charge in [-0.15, -0.1) is 0 Å². The molecule has 1 fully saturated rings. The fraction of sp³-hybridized carbons (Fsp3) is 0.571. The van der Waals surface area contributed by atoms with Gasteiger partial charge in [-0.1, -0.05) is 19.1 Å². The number of benzene rings is 1. The summed E-state index contributed by atoms with van der Waals surface area (Å²) in [6.45, 7) is 2.96. The molecule has 2 N–H and O–H groups in total. The Morgan fingerprint density at radius 3 is 2.42 bits per heavy atom. The molecule has 19 heavy (non-hydrogen) atoms. The van der Waals surface area contributed by atoms with Crippen molar-refractivity contribution in [3.63, 3.8) is 0 Å². The summed E-state index contributed by atoms with van der Waals surface area (Å²) in [6, 6.07) is 4.67. The van der Waals surface area contributed by atoms with Gasteiger partial charge in [0.25, 0.3) is 0 Å². The third-order valence-electron chi connectivity index (χ3n) is 3.66. The van der Waals surface area contributed by atoms with Gasteiger partial charge in [0, 0.05) is 6.04 Å². The van der Waals surface area contributed by atoms with Crippen LogP contribution in [0.25, 0.3) is 0 Å². The Kier molecular flexibility index (Phi) is 4.16. The summed E-state index contributed by atoms with van der Waals surface area (Å²) in [4.78, 5) is 0. The highest BCUT2D eigenvalue weighted by Crippen LogP contribution is 2.31. The zero-order chi connectivity index (χ0) is 14.0. The largest absolute Gasteiger partial charge is 0.416 e. The molecule has 5 heteroatoms. The van der Waals surface area contributed by atoms with Crippen molar-refractivity contribution in [3.05, 3.63) is 35.4 Å². The fourth-order valence-corrected chi connectivity index (χ4v) is 2.49. The van der Waals surface area contributed by atoms with Gasteiger partial charge in [-0.25, -0.2) is 0 Å². The third kappa shape index (κ3) is 3.48. The highest BCUT2D eigenvalue weighted by atomic mass is 19.4. The van der Waals surface area contributed by atoms with Crippen molar-refractivity contribution >= 4 is 0 Å². The average molecular weight is 273 g/mol. The van der Waals surface area contributed by atoms with Crippen molar-refractivity contribution in [3.8, 4) is 0 Å². The molecule has 3 unspecified atom stereocenters. The van der Waals surface area contributed by atoms with E-state index in [1.165, 1.54) is 12.1 Å². The Morgan fingerprint density at radius 2 is 1.89 bits per heavy atom. The number of aliphatic hydroxyl groups is 1. The van der Waals surface area contributed by atoms with Gasteiger partial charge >= 0.3 is 6.18 Å². The van der Waals surface area contributed by atoms with Crippen molar-refractivity contribution in [2.45, 2.75) is 38.1 Å². The Balaban J connectivity index is 2.09. The number of alkyl halides is 3. The van der Waals surface area contributed by atoms with Crippen LogP contribution in [-0.4, -0.2) is 17.7 Å². The Hall–Kier alpha value is -1.07. The molecule has 0 amide bonds. The minimum absolute atomic E-state index is 0.0829. The summed E-state index contributed by atoms with van der Waals surface area (Å²) >= 11 is 0. The van der Waals surface area contributed by atoms with Crippen LogP contribution >= 0.6 is 0 Å². The van der Waals surface area contributed by atoms with Crippen LogP contribution in [-0.2, 0) is 6.18 Å². The minimum Gasteiger partial charge on any atom is -0.387 e. The number of piperidine rings is 1. The molecule has 0 aliphatic carbocycles. The molecule has 1 heterocycles. The molecule has 0 radical (unpaired) electrons. The number of halogens is 3. The molecule has 0 spiro atoms. The monoisotopic (exact) mass is 273 g/mol. The molecule has 2 nitrogen and oxygen atoms in total. The smallest absolute Gasteiger partial charge is 0.387 e. The van der Waals surface area contributed by atoms with Gasteiger partial charge in [-0.05, 0) is 43.0 Å². The molecule has 106 valence electrons. The van der Waals surface area contributed by atoms with Crippen LogP contribution in [0.3, 0.4) is 0 Å². The lowest BCUT2D eigenvalue weighted by Crippen LogP contribution is -2.41. The molecular formula is C14H18F3NO. The number of nitrogens with one attached hydrogen (secondary N) is 1. The van der Waals surface area contributed by atoms with Gasteiger partial charge in [0.05, 0.1) is 11.7 Å². The highest BCUT2D eigenvalue weighted by Gasteiger charge is 2.31. The normalized spacial score (nSPS) is 26.2. The lowest BCUT2D eigenvalue weighted by molar-refractivity contribution is -0.137. The molecule has 1 aliphatic heterocycles. The molecule has 0 aromatic heterocycles. The van der Waals surface area contributed by atoms with Gasteiger partial charge in [-0.2, -0.15) is 13.2 Å². The highest BCUT2D eigenvalue weighted by molar-refractivity contribution is 5.26. The van der Waals surface area contributed by atoms with Crippen LogP contribution in [0.4, 0.5) is 13.2 Å². The first-order chi connectivity index (χ1) is 8.88. The van der Waals surface area contributed by atoms with E-state index in [0.29, 0.717) is 11.5 Å². The van der Waals surface area contributed by atoms with E-state index in [9.17, 15) is 18.3 Å². The van der Waals surface area contributed by atoms with E-state index in [0.717, 1.165) is 31.5 Å². The molecule has 0 bridgehead atoms. The Labute approximate surface area is 110 Å². The maximum atomic E-state index is 12.5. The first-order valence-corrected chi connectivity index (χ1v) is 6.46. The van der Waals surface area contributed by atoms with E-state index in [1.54, 1.807) is 0 Å². The molecule has 0 saturated carbocycles. The standard InChI is InChI=1S/C14H18F3NO/c1-9-6-7-18-12(8-9)13(19)10-2-4-11(5-3-10)14(15,16)17/h2-5,9,12-13,18-19H,6-8H2,1H3. The first-order valence-electron chi connectivity index (χ1n) is 6.46. The molecule has 2 rings (SSSR count). The van der Waals surface area contributed by atoms with Crippen LogP contribution in [0.2, 0.25) is 0 Å². The minimum atomic E-state index is -4.33. The van der Waals surface area contributed by atoms with Crippen LogP contribution in [0.15, 0.2) is 24.3 Å². The van der Waals surface area contributed by atoms with Crippen molar-refractivity contribution in [2.24, 2.45) is 5.92 Å². The third-order valence-corrected chi connectivity index (χ3v) is 3.66. The maximum Gasteiger partial charge on any atom is 0.416 e. The van der Waals surface area contributed by atoms with Gasteiger partial charge in [0.1, 0.15) is 0 Å². The molecule has 1 aliphatic rings. The van der Waals surface area contributed by atoms with E-state index in [1.807, 2.05) is 0 Å². The second-order valence-electron chi connectivity index (χ2n) is 5.25. The summed E-state index contributed by atoms with van der Waals surface area (Å²) < 4.78 is 37.4. The van der Waals surface area contributed by atoms with Crippen LogP contribution in [0.1, 0.15) is 37.0 Å². The summed E-state index contributed by atoms with van der Waals surface area (Å²) in [6.07, 6.45) is -3.19. The van der Waals surface area contributed by atoms with E-state index in [-0.39, 0.29) is 6.04 Å². The topological polar surface area (TPSA) is 32.3 Å². The van der Waals surface area contributed by atoms with Gasteiger partial charge in [0.15, 0.2) is 0 Å². The van der Waals surface area contributed by atoms with E-state index in [2.05, 4.69) is 12.2 Å². The van der Waals surface area contributed by atoms with Crippen LogP contribution < -0.4 is 5.32 Å². The maximum absolute atomic E-state index is 12.5. The quantitative estimate of drug-likeness (QED) is 0.867. The van der Waals surface area contributed by atoms with Crippen LogP contribution in [0, 0.1) is 5.92 Å². The van der Waals surface area contributed by atoms with Crippen molar-refractivity contribution in [1.29, 1.82) is 0 Å². The molecule has 3 atom stereocenters. The lowest BCUT2D eigenvalue weighted by Gasteiger charge is -2.32. The van der Waals surface area contributed by atoms with Gasteiger partial charge in [0.2, 0.25) is 0 Å². The lowest BCUT2D eigenvalue weighted by atomic mass is 9.88. The molecular weight excluding hydrogens is 255 g/mol. The zero-order valence-corrected chi connectivity index (χ0v) is 10.7. The second kappa shape index (κ2) is 5.51. The van der Waals surface area contributed by atoms with E-state index < -0.39 is 17.8 Å². The SMILES string of the molecule is CC1CCNC(C(O)c2ccc(C(F)(F)F)cc2)C1. The predicted octanol–water partition coefficient (Wildman–Crippen LogP) is 3.13. The first kappa shape index (κ1) is 14.3. The number of rotatable bonds is 2. The summed E-state index contributed by atoms with van der Waals surface area (Å²) in [7, 11) is 0. The summed E-state index contributed by atoms with van der Waals surface area (Å²) in [5, 5.41) is 13.4. The number of aliphatic hydroxyl groups excluding tert-OH is 1. The van der Waals surface area contributed by atoms with Gasteiger partial charge < -0.3 is 10.4 Å². The Bertz CT molecular complexity index is 416. The Morgan fingerprint density at radius 1 is 1.26 bits per heavy atom. The molecule has 1 saturated heterocycles. The summed E-state index contributed by atoms with van der Waals surface area (Å²) in [5.41, 5.74) is -0.159. The van der Waals surface area contributed by atoms with Crippen LogP contribution in [0.5, 0.6) is 0 Å². The molecule has 1 aromatic carbocycles. The van der Waals surface area contributed by atoms with Gasteiger partial charge in [-0.3, -0.25) is 0 Å². The van der Waals surface area contributed by atoms with Crippen molar-refractivity contribution < 1.29 is 18.3 Å². The predicted molar refractivity (Wildman–Crippen MR) is 66.6 cm³/mol. The fourth-order valence-electron chi connectivity index (χ4n) is 2.49.